The molecule has 8 nitrogen and oxygen atoms in total. The van der Waals surface area contributed by atoms with Crippen molar-refractivity contribution in [3.8, 4) is 0 Å². The third-order valence-electron chi connectivity index (χ3n) is 5.06. The number of hydrogen-bond donors (Lipinski definition) is 1. The number of halogens is 1. The zero-order valence-electron chi connectivity index (χ0n) is 17.1. The van der Waals surface area contributed by atoms with Crippen LogP contribution >= 0.6 is 11.6 Å². The first-order valence-electron chi connectivity index (χ1n) is 10.1. The first kappa shape index (κ1) is 20.7. The summed E-state index contributed by atoms with van der Waals surface area (Å²) in [6.07, 6.45) is 7.63. The van der Waals surface area contributed by atoms with Crippen LogP contribution in [0.1, 0.15) is 35.7 Å². The molecule has 158 valence electrons. The maximum Gasteiger partial charge on any atom is 0.274 e. The Morgan fingerprint density at radius 2 is 2.07 bits per heavy atom. The van der Waals surface area contributed by atoms with Crippen molar-refractivity contribution in [3.05, 3.63) is 59.0 Å². The van der Waals surface area contributed by atoms with Crippen molar-refractivity contribution >= 4 is 23.2 Å². The summed E-state index contributed by atoms with van der Waals surface area (Å²) in [5, 5.41) is 3.99. The molecule has 2 atom stereocenters. The van der Waals surface area contributed by atoms with Gasteiger partial charge in [0.05, 0.1) is 28.6 Å². The minimum Gasteiger partial charge on any atom is -0.372 e. The van der Waals surface area contributed by atoms with Gasteiger partial charge < -0.3 is 19.4 Å². The molecular weight excluding hydrogens is 404 g/mol. The average Bonchev–Trinajstić information content (AvgIpc) is 3.08. The second-order valence-electron chi connectivity index (χ2n) is 7.57. The van der Waals surface area contributed by atoms with Gasteiger partial charge in [-0.3, -0.25) is 14.8 Å². The molecule has 0 aliphatic carbocycles. The van der Waals surface area contributed by atoms with Crippen LogP contribution in [-0.2, 0) is 17.7 Å². The summed E-state index contributed by atoms with van der Waals surface area (Å²) in [6.45, 7) is 6.25. The van der Waals surface area contributed by atoms with Gasteiger partial charge in [-0.25, -0.2) is 4.98 Å². The molecule has 4 heterocycles. The van der Waals surface area contributed by atoms with Crippen LogP contribution in [0.5, 0.6) is 0 Å². The Morgan fingerprint density at radius 1 is 1.27 bits per heavy atom. The lowest BCUT2D eigenvalue weighted by molar-refractivity contribution is -0.0587. The first-order chi connectivity index (χ1) is 14.5. The third-order valence-corrected chi connectivity index (χ3v) is 5.28. The maximum absolute atomic E-state index is 13.3. The molecule has 3 aromatic rings. The highest BCUT2D eigenvalue weighted by Crippen LogP contribution is 2.20. The highest BCUT2D eigenvalue weighted by Gasteiger charge is 2.30. The zero-order chi connectivity index (χ0) is 21.1. The third kappa shape index (κ3) is 4.61. The molecule has 3 aromatic heterocycles. The number of imidazole rings is 1. The number of nitrogens with zero attached hydrogens (tertiary/aromatic N) is 5. The fourth-order valence-corrected chi connectivity index (χ4v) is 3.94. The standard InChI is InChI=1S/C21H25ClN6O2/c1-14-11-27(12-15(2)30-14)21(29)20-18(28-13-16(22)3-4-19(28)26-20)10-23-6-5-17-9-24-7-8-25-17/h3-4,7-9,13-15,23H,5-6,10-12H2,1-2H3/t14-,15+. The van der Waals surface area contributed by atoms with E-state index in [1.807, 2.05) is 29.2 Å². The monoisotopic (exact) mass is 428 g/mol. The van der Waals surface area contributed by atoms with Gasteiger partial charge in [-0.2, -0.15) is 0 Å². The molecular formula is C21H25ClN6O2. The van der Waals surface area contributed by atoms with Crippen LogP contribution in [-0.4, -0.2) is 62.0 Å². The summed E-state index contributed by atoms with van der Waals surface area (Å²) in [6, 6.07) is 3.61. The number of morpholine rings is 1. The molecule has 1 aliphatic rings. The van der Waals surface area contributed by atoms with Crippen molar-refractivity contribution in [2.75, 3.05) is 19.6 Å². The van der Waals surface area contributed by atoms with Crippen LogP contribution in [0.2, 0.25) is 5.02 Å². The largest absolute Gasteiger partial charge is 0.372 e. The van der Waals surface area contributed by atoms with E-state index in [0.29, 0.717) is 42.5 Å². The van der Waals surface area contributed by atoms with E-state index in [1.54, 1.807) is 30.9 Å². The maximum atomic E-state index is 13.3. The molecule has 0 unspecified atom stereocenters. The molecule has 0 radical (unpaired) electrons. The SMILES string of the molecule is C[C@@H]1CN(C(=O)c2nc3ccc(Cl)cn3c2CNCCc2cnccn2)C[C@H](C)O1. The Morgan fingerprint density at radius 3 is 2.80 bits per heavy atom. The second-order valence-corrected chi connectivity index (χ2v) is 8.01. The quantitative estimate of drug-likeness (QED) is 0.607. The summed E-state index contributed by atoms with van der Waals surface area (Å²) in [7, 11) is 0. The normalized spacial score (nSPS) is 19.4. The molecule has 0 saturated carbocycles. The minimum absolute atomic E-state index is 0.00210. The van der Waals surface area contributed by atoms with Crippen molar-refractivity contribution in [2.24, 2.45) is 0 Å². The molecule has 0 spiro atoms. The van der Waals surface area contributed by atoms with E-state index in [2.05, 4.69) is 20.3 Å². The van der Waals surface area contributed by atoms with Gasteiger partial charge in [-0.15, -0.1) is 0 Å². The number of carbonyl (C=O) groups excluding carboxylic acids is 1. The van der Waals surface area contributed by atoms with Gasteiger partial charge in [0.25, 0.3) is 5.91 Å². The van der Waals surface area contributed by atoms with E-state index >= 15 is 0 Å². The Balaban J connectivity index is 1.55. The van der Waals surface area contributed by atoms with Crippen molar-refractivity contribution in [1.29, 1.82) is 0 Å². The number of pyridine rings is 1. The van der Waals surface area contributed by atoms with Crippen LogP contribution in [0.3, 0.4) is 0 Å². The Labute approximate surface area is 180 Å². The number of ether oxygens (including phenoxy) is 1. The molecule has 4 rings (SSSR count). The van der Waals surface area contributed by atoms with Crippen molar-refractivity contribution in [2.45, 2.75) is 39.0 Å². The van der Waals surface area contributed by atoms with Gasteiger partial charge in [-0.05, 0) is 26.0 Å². The highest BCUT2D eigenvalue weighted by atomic mass is 35.5. The predicted molar refractivity (Wildman–Crippen MR) is 114 cm³/mol. The van der Waals surface area contributed by atoms with E-state index in [0.717, 1.165) is 17.8 Å². The molecule has 1 aliphatic heterocycles. The van der Waals surface area contributed by atoms with Gasteiger partial charge in [0.15, 0.2) is 5.69 Å². The van der Waals surface area contributed by atoms with Gasteiger partial charge in [-0.1, -0.05) is 11.6 Å². The number of rotatable bonds is 6. The number of nitrogens with one attached hydrogen (secondary N) is 1. The fourth-order valence-electron chi connectivity index (χ4n) is 3.78. The second kappa shape index (κ2) is 9.07. The molecule has 9 heteroatoms. The van der Waals surface area contributed by atoms with Gasteiger partial charge in [0, 0.05) is 57.4 Å². The molecule has 1 fully saturated rings. The van der Waals surface area contributed by atoms with Gasteiger partial charge in [0.2, 0.25) is 0 Å². The molecule has 30 heavy (non-hydrogen) atoms. The van der Waals surface area contributed by atoms with Crippen LogP contribution in [0.4, 0.5) is 0 Å². The summed E-state index contributed by atoms with van der Waals surface area (Å²) in [5.74, 6) is -0.0810. The zero-order valence-corrected chi connectivity index (χ0v) is 17.8. The highest BCUT2D eigenvalue weighted by molar-refractivity contribution is 6.30. The molecule has 1 amide bonds. The number of amides is 1. The molecule has 0 bridgehead atoms. The Hall–Kier alpha value is -2.55. The Kier molecular flexibility index (Phi) is 6.26. The lowest BCUT2D eigenvalue weighted by atomic mass is 10.2. The Bertz CT molecular complexity index is 1020. The number of aromatic nitrogens is 4. The number of hydrogen-bond acceptors (Lipinski definition) is 6. The minimum atomic E-state index is -0.0810. The number of carbonyl (C=O) groups is 1. The average molecular weight is 429 g/mol. The van der Waals surface area contributed by atoms with Crippen molar-refractivity contribution < 1.29 is 9.53 Å². The van der Waals surface area contributed by atoms with Crippen LogP contribution in [0, 0.1) is 0 Å². The smallest absolute Gasteiger partial charge is 0.274 e. The van der Waals surface area contributed by atoms with E-state index in [4.69, 9.17) is 16.3 Å². The van der Waals surface area contributed by atoms with E-state index in [-0.39, 0.29) is 18.1 Å². The summed E-state index contributed by atoms with van der Waals surface area (Å²) in [5.41, 5.74) is 2.86. The summed E-state index contributed by atoms with van der Waals surface area (Å²) < 4.78 is 7.66. The van der Waals surface area contributed by atoms with Gasteiger partial charge >= 0.3 is 0 Å². The molecule has 0 aromatic carbocycles. The predicted octanol–water partition coefficient (Wildman–Crippen LogP) is 2.36. The van der Waals surface area contributed by atoms with Crippen molar-refractivity contribution in [1.82, 2.24) is 29.6 Å². The van der Waals surface area contributed by atoms with Crippen molar-refractivity contribution in [3.63, 3.8) is 0 Å². The van der Waals surface area contributed by atoms with E-state index in [9.17, 15) is 4.79 Å². The van der Waals surface area contributed by atoms with Crippen LogP contribution < -0.4 is 5.32 Å². The van der Waals surface area contributed by atoms with Crippen LogP contribution in [0.25, 0.3) is 5.65 Å². The summed E-state index contributed by atoms with van der Waals surface area (Å²) in [4.78, 5) is 28.2. The topological polar surface area (TPSA) is 84.7 Å². The molecule has 1 N–H and O–H groups in total. The molecule has 1 saturated heterocycles. The van der Waals surface area contributed by atoms with E-state index < -0.39 is 0 Å². The van der Waals surface area contributed by atoms with E-state index in [1.165, 1.54) is 0 Å². The number of fused-ring (bicyclic) bond motifs is 1. The first-order valence-corrected chi connectivity index (χ1v) is 10.5. The lowest BCUT2D eigenvalue weighted by Crippen LogP contribution is -2.48. The van der Waals surface area contributed by atoms with Gasteiger partial charge in [0.1, 0.15) is 5.65 Å². The summed E-state index contributed by atoms with van der Waals surface area (Å²) >= 11 is 6.21. The fraction of sp³-hybridized carbons (Fsp3) is 0.429. The lowest BCUT2D eigenvalue weighted by Gasteiger charge is -2.35. The van der Waals surface area contributed by atoms with Crippen LogP contribution in [0.15, 0.2) is 36.9 Å².